The summed E-state index contributed by atoms with van der Waals surface area (Å²) in [5.41, 5.74) is -0.283. The lowest BCUT2D eigenvalue weighted by Crippen LogP contribution is -2.47. The number of hydrogen-bond donors (Lipinski definition) is 2. The molecule has 2 aliphatic rings. The summed E-state index contributed by atoms with van der Waals surface area (Å²) in [6.07, 6.45) is 1.80. The zero-order chi connectivity index (χ0) is 17.5. The Morgan fingerprint density at radius 2 is 2.17 bits per heavy atom. The van der Waals surface area contributed by atoms with Crippen molar-refractivity contribution in [3.05, 3.63) is 35.6 Å². The zero-order valence-corrected chi connectivity index (χ0v) is 13.6. The molecule has 1 saturated carbocycles. The van der Waals surface area contributed by atoms with E-state index in [1.807, 2.05) is 0 Å². The van der Waals surface area contributed by atoms with Gasteiger partial charge in [-0.25, -0.2) is 9.18 Å². The van der Waals surface area contributed by atoms with Gasteiger partial charge < -0.3 is 10.6 Å². The van der Waals surface area contributed by atoms with Gasteiger partial charge in [-0.2, -0.15) is 0 Å². The van der Waals surface area contributed by atoms with Crippen molar-refractivity contribution in [2.24, 2.45) is 5.92 Å². The van der Waals surface area contributed by atoms with Crippen LogP contribution < -0.4 is 10.6 Å². The molecule has 1 aliphatic heterocycles. The first-order valence-electron chi connectivity index (χ1n) is 8.00. The first-order chi connectivity index (χ1) is 11.3. The highest BCUT2D eigenvalue weighted by Gasteiger charge is 2.56. The molecule has 128 valence electrons. The highest BCUT2D eigenvalue weighted by Crippen LogP contribution is 2.42. The number of nitrogens with zero attached hydrogens (tertiary/aromatic N) is 1. The molecule has 1 aromatic rings. The van der Waals surface area contributed by atoms with Crippen LogP contribution in [0.3, 0.4) is 0 Å². The zero-order valence-electron chi connectivity index (χ0n) is 13.6. The number of carbonyl (C=O) groups excluding carboxylic acids is 3. The van der Waals surface area contributed by atoms with Crippen molar-refractivity contribution in [2.45, 2.75) is 38.3 Å². The predicted molar refractivity (Wildman–Crippen MR) is 84.3 cm³/mol. The van der Waals surface area contributed by atoms with Crippen molar-refractivity contribution >= 4 is 17.8 Å². The Morgan fingerprint density at radius 1 is 1.46 bits per heavy atom. The molecule has 1 aromatic carbocycles. The average molecular weight is 333 g/mol. The largest absolute Gasteiger partial charge is 0.348 e. The summed E-state index contributed by atoms with van der Waals surface area (Å²) in [5, 5.41) is 5.38. The van der Waals surface area contributed by atoms with Gasteiger partial charge in [-0.05, 0) is 50.3 Å². The highest BCUT2D eigenvalue weighted by atomic mass is 19.1. The Bertz CT molecular complexity index is 704. The van der Waals surface area contributed by atoms with Gasteiger partial charge in [-0.15, -0.1) is 0 Å². The van der Waals surface area contributed by atoms with Gasteiger partial charge in [0.15, 0.2) is 0 Å². The Hall–Kier alpha value is -2.44. The lowest BCUT2D eigenvalue weighted by Gasteiger charge is -2.21. The second-order valence-electron chi connectivity index (χ2n) is 6.64. The fourth-order valence-electron chi connectivity index (χ4n) is 3.09. The Balaban J connectivity index is 1.62. The smallest absolute Gasteiger partial charge is 0.325 e. The summed E-state index contributed by atoms with van der Waals surface area (Å²) in [5.74, 6) is -1.06. The molecule has 0 unspecified atom stereocenters. The van der Waals surface area contributed by atoms with E-state index in [0.29, 0.717) is 5.56 Å². The number of carbonyl (C=O) groups is 3. The number of hydrogen-bond acceptors (Lipinski definition) is 3. The molecule has 2 atom stereocenters. The summed E-state index contributed by atoms with van der Waals surface area (Å²) < 4.78 is 13.2. The maximum atomic E-state index is 13.2. The molecular weight excluding hydrogens is 313 g/mol. The Labute approximate surface area is 139 Å². The predicted octanol–water partition coefficient (Wildman–Crippen LogP) is 1.72. The number of urea groups is 1. The molecule has 7 heteroatoms. The van der Waals surface area contributed by atoms with Gasteiger partial charge in [-0.3, -0.25) is 14.5 Å². The molecule has 0 spiro atoms. The summed E-state index contributed by atoms with van der Waals surface area (Å²) >= 11 is 0. The summed E-state index contributed by atoms with van der Waals surface area (Å²) in [6.45, 7) is 3.08. The molecule has 3 rings (SSSR count). The molecule has 1 saturated heterocycles. The first-order valence-corrected chi connectivity index (χ1v) is 8.00. The van der Waals surface area contributed by atoms with Crippen LogP contribution in [0.4, 0.5) is 9.18 Å². The Morgan fingerprint density at radius 3 is 2.79 bits per heavy atom. The van der Waals surface area contributed by atoms with Crippen LogP contribution in [-0.2, 0) is 9.59 Å². The standard InChI is InChI=1S/C17H20FN3O3/c1-10(11-4-3-5-13(18)8-11)19-14(22)9-21-15(23)17(2,12-6-7-12)20-16(21)24/h3-5,8,10,12H,6-7,9H2,1-2H3,(H,19,22)(H,20,24)/t10-,17+/m0/s1. The van der Waals surface area contributed by atoms with Gasteiger partial charge in [0.1, 0.15) is 17.9 Å². The van der Waals surface area contributed by atoms with Crippen LogP contribution in [0.5, 0.6) is 0 Å². The number of amides is 4. The topological polar surface area (TPSA) is 78.5 Å². The number of halogens is 1. The van der Waals surface area contributed by atoms with Crippen molar-refractivity contribution in [2.75, 3.05) is 6.54 Å². The van der Waals surface area contributed by atoms with Crippen LogP contribution in [0.15, 0.2) is 24.3 Å². The van der Waals surface area contributed by atoms with E-state index in [-0.39, 0.29) is 24.2 Å². The second kappa shape index (κ2) is 5.89. The molecule has 1 heterocycles. The van der Waals surface area contributed by atoms with Crippen molar-refractivity contribution in [3.63, 3.8) is 0 Å². The molecule has 4 amide bonds. The van der Waals surface area contributed by atoms with Gasteiger partial charge in [-0.1, -0.05) is 12.1 Å². The van der Waals surface area contributed by atoms with E-state index in [4.69, 9.17) is 0 Å². The number of nitrogens with one attached hydrogen (secondary N) is 2. The van der Waals surface area contributed by atoms with Gasteiger partial charge in [0, 0.05) is 0 Å². The van der Waals surface area contributed by atoms with Crippen LogP contribution in [-0.4, -0.2) is 34.8 Å². The minimum Gasteiger partial charge on any atom is -0.348 e. The van der Waals surface area contributed by atoms with Crippen molar-refractivity contribution in [1.29, 1.82) is 0 Å². The van der Waals surface area contributed by atoms with E-state index in [0.717, 1.165) is 17.7 Å². The van der Waals surface area contributed by atoms with Crippen LogP contribution in [0.2, 0.25) is 0 Å². The van der Waals surface area contributed by atoms with E-state index < -0.39 is 23.5 Å². The van der Waals surface area contributed by atoms with Crippen LogP contribution in [0.25, 0.3) is 0 Å². The quantitative estimate of drug-likeness (QED) is 0.806. The Kier molecular flexibility index (Phi) is 4.03. The van der Waals surface area contributed by atoms with E-state index in [1.54, 1.807) is 26.0 Å². The maximum absolute atomic E-state index is 13.2. The summed E-state index contributed by atoms with van der Waals surface area (Å²) in [4.78, 5) is 37.6. The summed E-state index contributed by atoms with van der Waals surface area (Å²) in [7, 11) is 0. The number of benzene rings is 1. The van der Waals surface area contributed by atoms with Gasteiger partial charge in [0.25, 0.3) is 5.91 Å². The van der Waals surface area contributed by atoms with Crippen LogP contribution in [0, 0.1) is 11.7 Å². The van der Waals surface area contributed by atoms with E-state index >= 15 is 0 Å². The van der Waals surface area contributed by atoms with Crippen molar-refractivity contribution in [3.8, 4) is 0 Å². The van der Waals surface area contributed by atoms with Gasteiger partial charge in [0.2, 0.25) is 5.91 Å². The lowest BCUT2D eigenvalue weighted by molar-refractivity contribution is -0.135. The van der Waals surface area contributed by atoms with Crippen LogP contribution >= 0.6 is 0 Å². The third-order valence-corrected chi connectivity index (χ3v) is 4.72. The molecule has 0 aromatic heterocycles. The highest BCUT2D eigenvalue weighted by molar-refractivity contribution is 6.09. The molecular formula is C17H20FN3O3. The van der Waals surface area contributed by atoms with Crippen LogP contribution in [0.1, 0.15) is 38.3 Å². The normalized spacial score (nSPS) is 24.7. The van der Waals surface area contributed by atoms with Gasteiger partial charge >= 0.3 is 6.03 Å². The molecule has 24 heavy (non-hydrogen) atoms. The fourth-order valence-corrected chi connectivity index (χ4v) is 3.09. The molecule has 0 bridgehead atoms. The minimum atomic E-state index is -0.897. The van der Waals surface area contributed by atoms with E-state index in [9.17, 15) is 18.8 Å². The summed E-state index contributed by atoms with van der Waals surface area (Å²) in [6, 6.07) is 4.96. The minimum absolute atomic E-state index is 0.147. The van der Waals surface area contributed by atoms with Crippen molar-refractivity contribution < 1.29 is 18.8 Å². The maximum Gasteiger partial charge on any atom is 0.325 e. The third-order valence-electron chi connectivity index (χ3n) is 4.72. The van der Waals surface area contributed by atoms with E-state index in [1.165, 1.54) is 12.1 Å². The molecule has 6 nitrogen and oxygen atoms in total. The monoisotopic (exact) mass is 333 g/mol. The molecule has 1 aliphatic carbocycles. The molecule has 2 fully saturated rings. The SMILES string of the molecule is C[C@H](NC(=O)CN1C(=O)N[C@](C)(C2CC2)C1=O)c1cccc(F)c1. The number of rotatable bonds is 5. The second-order valence-corrected chi connectivity index (χ2v) is 6.64. The molecule has 0 radical (unpaired) electrons. The van der Waals surface area contributed by atoms with Crippen molar-refractivity contribution in [1.82, 2.24) is 15.5 Å². The van der Waals surface area contributed by atoms with E-state index in [2.05, 4.69) is 10.6 Å². The average Bonchev–Trinajstić information content (AvgIpc) is 3.33. The lowest BCUT2D eigenvalue weighted by atomic mass is 9.96. The first kappa shape index (κ1) is 16.4. The number of imide groups is 1. The third kappa shape index (κ3) is 2.98. The fraction of sp³-hybridized carbons (Fsp3) is 0.471. The molecule has 2 N–H and O–H groups in total. The van der Waals surface area contributed by atoms with Gasteiger partial charge in [0.05, 0.1) is 6.04 Å².